The lowest BCUT2D eigenvalue weighted by Crippen LogP contribution is -2.44. The maximum Gasteiger partial charge on any atom is 0.339 e. The molecule has 1 aliphatic rings. The minimum atomic E-state index is -1.12. The van der Waals surface area contributed by atoms with Gasteiger partial charge in [0.05, 0.1) is 5.69 Å². The van der Waals surface area contributed by atoms with Crippen molar-refractivity contribution in [2.45, 2.75) is 57.3 Å². The lowest BCUT2D eigenvalue weighted by Gasteiger charge is -2.34. The number of hydrogen-bond acceptors (Lipinski definition) is 5. The average molecular weight is 377 g/mol. The zero-order valence-electron chi connectivity index (χ0n) is 15.7. The first-order valence-corrected chi connectivity index (χ1v) is 12.8. The number of anilines is 1. The Morgan fingerprint density at radius 2 is 2.19 bits per heavy atom. The van der Waals surface area contributed by atoms with Gasteiger partial charge in [-0.2, -0.15) is 0 Å². The van der Waals surface area contributed by atoms with Gasteiger partial charge >= 0.3 is 5.97 Å². The van der Waals surface area contributed by atoms with Crippen LogP contribution in [-0.4, -0.2) is 47.4 Å². The maximum atomic E-state index is 11.6. The molecular weight excluding hydrogens is 348 g/mol. The van der Waals surface area contributed by atoms with Crippen LogP contribution < -0.4 is 11.1 Å². The SMILES string of the molecule is C[Si](C)(C)CCOCn1ccc2c(N[C@H]3C[C@@H](N)C3)c(C(=O)O)cnc21. The molecule has 7 nitrogen and oxygen atoms in total. The van der Waals surface area contributed by atoms with Crippen molar-refractivity contribution < 1.29 is 14.6 Å². The minimum absolute atomic E-state index is 0.190. The second kappa shape index (κ2) is 7.38. The molecule has 8 heteroatoms. The first kappa shape index (κ1) is 18.9. The Bertz CT molecular complexity index is 794. The third-order valence-electron chi connectivity index (χ3n) is 4.77. The van der Waals surface area contributed by atoms with Crippen LogP contribution in [0.4, 0.5) is 5.69 Å². The number of pyridine rings is 1. The summed E-state index contributed by atoms with van der Waals surface area (Å²) in [6.45, 7) is 8.11. The maximum absolute atomic E-state index is 11.6. The zero-order chi connectivity index (χ0) is 18.9. The summed E-state index contributed by atoms with van der Waals surface area (Å²) in [5, 5.41) is 13.7. The van der Waals surface area contributed by atoms with Gasteiger partial charge in [0.2, 0.25) is 0 Å². The van der Waals surface area contributed by atoms with E-state index in [0.717, 1.165) is 36.5 Å². The molecule has 0 aliphatic heterocycles. The van der Waals surface area contributed by atoms with Gasteiger partial charge < -0.3 is 25.5 Å². The lowest BCUT2D eigenvalue weighted by atomic mass is 9.87. The van der Waals surface area contributed by atoms with E-state index in [1.807, 2.05) is 16.8 Å². The number of carboxylic acids is 1. The predicted molar refractivity (Wildman–Crippen MR) is 105 cm³/mol. The summed E-state index contributed by atoms with van der Waals surface area (Å²) in [6.07, 6.45) is 5.02. The Kier molecular flexibility index (Phi) is 5.36. The molecule has 2 aromatic rings. The Balaban J connectivity index is 1.79. The van der Waals surface area contributed by atoms with E-state index in [-0.39, 0.29) is 17.6 Å². The van der Waals surface area contributed by atoms with Gasteiger partial charge in [-0.05, 0) is 25.0 Å². The number of nitrogens with one attached hydrogen (secondary N) is 1. The number of ether oxygens (including phenoxy) is 1. The largest absolute Gasteiger partial charge is 0.478 e. The van der Waals surface area contributed by atoms with Crippen molar-refractivity contribution in [2.24, 2.45) is 5.73 Å². The topological polar surface area (TPSA) is 102 Å². The van der Waals surface area contributed by atoms with Crippen LogP contribution in [0.3, 0.4) is 0 Å². The highest BCUT2D eigenvalue weighted by molar-refractivity contribution is 6.76. The summed E-state index contributed by atoms with van der Waals surface area (Å²) in [5.74, 6) is -0.982. The van der Waals surface area contributed by atoms with E-state index >= 15 is 0 Å². The molecule has 4 N–H and O–H groups in total. The summed E-state index contributed by atoms with van der Waals surface area (Å²) >= 11 is 0. The van der Waals surface area contributed by atoms with Crippen LogP contribution in [0.5, 0.6) is 0 Å². The van der Waals surface area contributed by atoms with Crippen LogP contribution in [0.25, 0.3) is 11.0 Å². The van der Waals surface area contributed by atoms with Crippen LogP contribution in [-0.2, 0) is 11.5 Å². The highest BCUT2D eigenvalue weighted by atomic mass is 28.3. The van der Waals surface area contributed by atoms with E-state index in [1.165, 1.54) is 6.20 Å². The molecule has 0 atom stereocenters. The van der Waals surface area contributed by atoms with Gasteiger partial charge in [-0.15, -0.1) is 0 Å². The smallest absolute Gasteiger partial charge is 0.339 e. The quantitative estimate of drug-likeness (QED) is 0.483. The standard InChI is InChI=1S/C18H28N4O3Si/c1-26(2,3)7-6-25-11-22-5-4-14-16(21-13-8-12(19)9-13)15(18(23)24)10-20-17(14)22/h4-5,10,12-13H,6-9,11,19H2,1-3H3,(H,20,21)(H,23,24)/t12-,13+. The summed E-state index contributed by atoms with van der Waals surface area (Å²) in [6, 6.07) is 3.42. The molecule has 2 heterocycles. The van der Waals surface area contributed by atoms with Crippen LogP contribution in [0.15, 0.2) is 18.5 Å². The van der Waals surface area contributed by atoms with Gasteiger partial charge in [-0.3, -0.25) is 0 Å². The van der Waals surface area contributed by atoms with Gasteiger partial charge in [-0.1, -0.05) is 19.6 Å². The van der Waals surface area contributed by atoms with E-state index < -0.39 is 14.0 Å². The number of carbonyl (C=O) groups is 1. The Labute approximate surface area is 154 Å². The van der Waals surface area contributed by atoms with E-state index in [4.69, 9.17) is 10.5 Å². The Hall–Kier alpha value is -1.90. The molecule has 1 aliphatic carbocycles. The van der Waals surface area contributed by atoms with E-state index in [2.05, 4.69) is 29.9 Å². The summed E-state index contributed by atoms with van der Waals surface area (Å²) in [4.78, 5) is 16.0. The fourth-order valence-electron chi connectivity index (χ4n) is 3.09. The molecular formula is C18H28N4O3Si. The zero-order valence-corrected chi connectivity index (χ0v) is 16.7. The fraction of sp³-hybridized carbons (Fsp3) is 0.556. The van der Waals surface area contributed by atoms with Crippen molar-refractivity contribution in [1.29, 1.82) is 0 Å². The highest BCUT2D eigenvalue weighted by Crippen LogP contribution is 2.31. The molecule has 0 unspecified atom stereocenters. The lowest BCUT2D eigenvalue weighted by molar-refractivity contribution is 0.0697. The van der Waals surface area contributed by atoms with Gasteiger partial charge in [0.15, 0.2) is 0 Å². The number of hydrogen-bond donors (Lipinski definition) is 3. The second-order valence-corrected chi connectivity index (χ2v) is 13.9. The van der Waals surface area contributed by atoms with Gasteiger partial charge in [0, 0.05) is 44.5 Å². The number of nitrogens with two attached hydrogens (primary N) is 1. The molecule has 0 amide bonds. The molecule has 142 valence electrons. The van der Waals surface area contributed by atoms with Crippen molar-refractivity contribution in [2.75, 3.05) is 11.9 Å². The van der Waals surface area contributed by atoms with Crippen LogP contribution in [0.2, 0.25) is 25.7 Å². The molecule has 26 heavy (non-hydrogen) atoms. The van der Waals surface area contributed by atoms with Crippen molar-refractivity contribution in [3.8, 4) is 0 Å². The number of fused-ring (bicyclic) bond motifs is 1. The predicted octanol–water partition coefficient (Wildman–Crippen LogP) is 2.95. The van der Waals surface area contributed by atoms with Crippen molar-refractivity contribution in [1.82, 2.24) is 9.55 Å². The fourth-order valence-corrected chi connectivity index (χ4v) is 3.84. The summed E-state index contributed by atoms with van der Waals surface area (Å²) < 4.78 is 7.73. The molecule has 0 radical (unpaired) electrons. The van der Waals surface area contributed by atoms with E-state index in [9.17, 15) is 9.90 Å². The Morgan fingerprint density at radius 1 is 1.46 bits per heavy atom. The number of aromatic carboxylic acids is 1. The molecule has 1 fully saturated rings. The monoisotopic (exact) mass is 376 g/mol. The first-order chi connectivity index (χ1) is 12.2. The van der Waals surface area contributed by atoms with Crippen LogP contribution >= 0.6 is 0 Å². The van der Waals surface area contributed by atoms with E-state index in [0.29, 0.717) is 12.4 Å². The first-order valence-electron chi connectivity index (χ1n) is 9.05. The normalized spacial score (nSPS) is 20.2. The average Bonchev–Trinajstić information content (AvgIpc) is 2.92. The van der Waals surface area contributed by atoms with Crippen molar-refractivity contribution in [3.05, 3.63) is 24.0 Å². The molecule has 3 rings (SSSR count). The molecule has 0 aromatic carbocycles. The second-order valence-electron chi connectivity index (χ2n) is 8.30. The van der Waals surface area contributed by atoms with Crippen LogP contribution in [0.1, 0.15) is 23.2 Å². The van der Waals surface area contributed by atoms with Gasteiger partial charge in [-0.25, -0.2) is 9.78 Å². The molecule has 0 spiro atoms. The van der Waals surface area contributed by atoms with Crippen molar-refractivity contribution >= 4 is 30.8 Å². The Morgan fingerprint density at radius 3 is 2.81 bits per heavy atom. The summed E-state index contributed by atoms with van der Waals surface area (Å²) in [5.41, 5.74) is 7.40. The highest BCUT2D eigenvalue weighted by Gasteiger charge is 2.28. The molecule has 2 aromatic heterocycles. The number of carboxylic acid groups (broad SMARTS) is 1. The third kappa shape index (κ3) is 4.25. The van der Waals surface area contributed by atoms with Gasteiger partial charge in [0.25, 0.3) is 0 Å². The molecule has 0 saturated heterocycles. The summed E-state index contributed by atoms with van der Waals surface area (Å²) in [7, 11) is -1.12. The van der Waals surface area contributed by atoms with E-state index in [1.54, 1.807) is 0 Å². The van der Waals surface area contributed by atoms with Crippen LogP contribution in [0, 0.1) is 0 Å². The minimum Gasteiger partial charge on any atom is -0.478 e. The van der Waals surface area contributed by atoms with Gasteiger partial charge in [0.1, 0.15) is 17.9 Å². The molecule has 1 saturated carbocycles. The number of rotatable bonds is 8. The number of aromatic nitrogens is 2. The third-order valence-corrected chi connectivity index (χ3v) is 6.47. The number of nitrogens with zero attached hydrogens (tertiary/aromatic N) is 2. The van der Waals surface area contributed by atoms with Crippen molar-refractivity contribution in [3.63, 3.8) is 0 Å². The molecule has 0 bridgehead atoms.